The first kappa shape index (κ1) is 7.57. The second-order valence-electron chi connectivity index (χ2n) is 2.54. The highest BCUT2D eigenvalue weighted by molar-refractivity contribution is 7.99. The molecule has 0 atom stereocenters. The van der Waals surface area contributed by atoms with Gasteiger partial charge >= 0.3 is 0 Å². The van der Waals surface area contributed by atoms with E-state index in [1.165, 1.54) is 10.5 Å². The van der Waals surface area contributed by atoms with Gasteiger partial charge in [0.15, 0.2) is 0 Å². The van der Waals surface area contributed by atoms with Crippen LogP contribution in [0.15, 0.2) is 17.0 Å². The molecule has 0 aromatic heterocycles. The quantitative estimate of drug-likeness (QED) is 0.549. The normalized spacial score (nSPS) is 15.0. The fraction of sp³-hybridized carbons (Fsp3) is 0.250. The van der Waals surface area contributed by atoms with Gasteiger partial charge in [0.05, 0.1) is 5.02 Å². The lowest BCUT2D eigenvalue weighted by atomic mass is 9.90. The van der Waals surface area contributed by atoms with Crippen molar-refractivity contribution in [2.24, 2.45) is 0 Å². The summed E-state index contributed by atoms with van der Waals surface area (Å²) in [4.78, 5) is 1.19. The standard InChI is InChI=1S/C8H6BClS/c9-6-1-2-7(10)8-5(6)3-4-11-8/h1-2H,3-4H2. The van der Waals surface area contributed by atoms with Crippen LogP contribution in [0.25, 0.3) is 0 Å². The third-order valence-corrected chi connectivity index (χ3v) is 3.44. The molecule has 0 amide bonds. The Morgan fingerprint density at radius 3 is 3.00 bits per heavy atom. The van der Waals surface area contributed by atoms with E-state index < -0.39 is 0 Å². The third kappa shape index (κ3) is 1.19. The molecule has 0 saturated carbocycles. The van der Waals surface area contributed by atoms with Gasteiger partial charge in [-0.05, 0) is 18.1 Å². The number of hydrogen-bond donors (Lipinski definition) is 0. The Morgan fingerprint density at radius 1 is 1.45 bits per heavy atom. The summed E-state index contributed by atoms with van der Waals surface area (Å²) in [5.74, 6) is 1.11. The number of hydrogen-bond acceptors (Lipinski definition) is 1. The van der Waals surface area contributed by atoms with Gasteiger partial charge in [-0.2, -0.15) is 0 Å². The number of fused-ring (bicyclic) bond motifs is 1. The first-order valence-electron chi connectivity index (χ1n) is 3.48. The van der Waals surface area contributed by atoms with Crippen LogP contribution in [-0.4, -0.2) is 13.6 Å². The molecule has 0 aliphatic carbocycles. The Bertz CT molecular complexity index is 269. The van der Waals surface area contributed by atoms with E-state index >= 15 is 0 Å². The Balaban J connectivity index is 2.64. The van der Waals surface area contributed by atoms with Gasteiger partial charge in [-0.3, -0.25) is 0 Å². The van der Waals surface area contributed by atoms with Crippen LogP contribution >= 0.6 is 23.4 Å². The van der Waals surface area contributed by atoms with Gasteiger partial charge in [0.1, 0.15) is 7.85 Å². The molecule has 0 N–H and O–H groups in total. The Labute approximate surface area is 76.7 Å². The van der Waals surface area contributed by atoms with Gasteiger partial charge in [-0.15, -0.1) is 11.8 Å². The predicted molar refractivity (Wildman–Crippen MR) is 51.3 cm³/mol. The number of halogens is 1. The number of benzene rings is 1. The van der Waals surface area contributed by atoms with Crippen molar-refractivity contribution in [3.8, 4) is 0 Å². The second-order valence-corrected chi connectivity index (χ2v) is 4.06. The zero-order valence-corrected chi connectivity index (χ0v) is 7.50. The zero-order valence-electron chi connectivity index (χ0n) is 5.93. The van der Waals surface area contributed by atoms with Gasteiger partial charge in [-0.1, -0.05) is 23.1 Å². The SMILES string of the molecule is [B]c1ccc(Cl)c2c1CCS2. The van der Waals surface area contributed by atoms with E-state index in [1.807, 2.05) is 12.1 Å². The van der Waals surface area contributed by atoms with Gasteiger partial charge in [0, 0.05) is 10.6 Å². The molecule has 1 aliphatic heterocycles. The molecule has 1 heterocycles. The van der Waals surface area contributed by atoms with Crippen molar-refractivity contribution in [2.75, 3.05) is 5.75 Å². The molecule has 0 saturated heterocycles. The molecule has 1 aliphatic rings. The Morgan fingerprint density at radius 2 is 2.27 bits per heavy atom. The summed E-state index contributed by atoms with van der Waals surface area (Å²) in [5.41, 5.74) is 2.12. The topological polar surface area (TPSA) is 0 Å². The lowest BCUT2D eigenvalue weighted by molar-refractivity contribution is 1.16. The lowest BCUT2D eigenvalue weighted by Crippen LogP contribution is -2.08. The molecular weight excluding hydrogens is 174 g/mol. The molecule has 1 aromatic carbocycles. The smallest absolute Gasteiger partial charge is 0.114 e. The van der Waals surface area contributed by atoms with E-state index in [-0.39, 0.29) is 0 Å². The highest BCUT2D eigenvalue weighted by Crippen LogP contribution is 2.35. The summed E-state index contributed by atoms with van der Waals surface area (Å²) < 4.78 is 0. The molecule has 11 heavy (non-hydrogen) atoms. The summed E-state index contributed by atoms with van der Waals surface area (Å²) in [6.45, 7) is 0. The molecule has 0 spiro atoms. The Hall–Kier alpha value is -0.0751. The van der Waals surface area contributed by atoms with E-state index in [9.17, 15) is 0 Å². The highest BCUT2D eigenvalue weighted by Gasteiger charge is 2.15. The maximum Gasteiger partial charge on any atom is 0.114 e. The van der Waals surface area contributed by atoms with E-state index in [1.54, 1.807) is 11.8 Å². The van der Waals surface area contributed by atoms with E-state index in [4.69, 9.17) is 19.4 Å². The van der Waals surface area contributed by atoms with E-state index in [0.717, 1.165) is 22.7 Å². The van der Waals surface area contributed by atoms with Crippen molar-refractivity contribution in [1.82, 2.24) is 0 Å². The van der Waals surface area contributed by atoms with Crippen molar-refractivity contribution in [1.29, 1.82) is 0 Å². The van der Waals surface area contributed by atoms with Crippen LogP contribution in [0.4, 0.5) is 0 Å². The molecule has 1 aromatic rings. The minimum atomic E-state index is 0.844. The van der Waals surface area contributed by atoms with Gasteiger partial charge < -0.3 is 0 Å². The fourth-order valence-corrected chi connectivity index (χ4v) is 2.73. The first-order chi connectivity index (χ1) is 5.29. The Kier molecular flexibility index (Phi) is 1.90. The van der Waals surface area contributed by atoms with Crippen LogP contribution in [0.2, 0.25) is 5.02 Å². The van der Waals surface area contributed by atoms with Crippen molar-refractivity contribution < 1.29 is 0 Å². The molecule has 2 radical (unpaired) electrons. The average molecular weight is 180 g/mol. The fourth-order valence-electron chi connectivity index (χ4n) is 1.28. The predicted octanol–water partition coefficient (Wildman–Crippen LogP) is 1.78. The van der Waals surface area contributed by atoms with Crippen LogP contribution < -0.4 is 5.46 Å². The monoisotopic (exact) mass is 180 g/mol. The summed E-state index contributed by atoms with van der Waals surface area (Å²) in [7, 11) is 5.77. The van der Waals surface area contributed by atoms with Crippen molar-refractivity contribution in [2.45, 2.75) is 11.3 Å². The minimum absolute atomic E-state index is 0.844. The van der Waals surface area contributed by atoms with Crippen molar-refractivity contribution >= 4 is 36.7 Å². The van der Waals surface area contributed by atoms with Crippen LogP contribution in [0.5, 0.6) is 0 Å². The van der Waals surface area contributed by atoms with Crippen LogP contribution in [0.1, 0.15) is 5.56 Å². The molecule has 54 valence electrons. The zero-order chi connectivity index (χ0) is 7.84. The first-order valence-corrected chi connectivity index (χ1v) is 4.85. The number of thioether (sulfide) groups is 1. The summed E-state index contributed by atoms with van der Waals surface area (Å²) in [6.07, 6.45) is 1.06. The van der Waals surface area contributed by atoms with E-state index in [0.29, 0.717) is 0 Å². The highest BCUT2D eigenvalue weighted by atomic mass is 35.5. The molecular formula is C8H6BClS. The molecule has 2 rings (SSSR count). The minimum Gasteiger partial charge on any atom is -0.124 e. The van der Waals surface area contributed by atoms with Crippen LogP contribution in [0.3, 0.4) is 0 Å². The maximum absolute atomic E-state index is 5.97. The van der Waals surface area contributed by atoms with Gasteiger partial charge in [0.25, 0.3) is 0 Å². The molecule has 0 fully saturated rings. The summed E-state index contributed by atoms with van der Waals surface area (Å²) >= 11 is 7.76. The second kappa shape index (κ2) is 2.76. The van der Waals surface area contributed by atoms with E-state index in [2.05, 4.69) is 0 Å². The third-order valence-electron chi connectivity index (χ3n) is 1.85. The molecule has 0 nitrogen and oxygen atoms in total. The largest absolute Gasteiger partial charge is 0.124 e. The van der Waals surface area contributed by atoms with Crippen LogP contribution in [-0.2, 0) is 6.42 Å². The lowest BCUT2D eigenvalue weighted by Gasteiger charge is -2.03. The summed E-state index contributed by atoms with van der Waals surface area (Å²) in [5, 5.41) is 0.844. The summed E-state index contributed by atoms with van der Waals surface area (Å²) in [6, 6.07) is 3.75. The van der Waals surface area contributed by atoms with Gasteiger partial charge in [-0.25, -0.2) is 0 Å². The molecule has 0 unspecified atom stereocenters. The molecule has 0 bridgehead atoms. The van der Waals surface area contributed by atoms with Crippen molar-refractivity contribution in [3.05, 3.63) is 22.7 Å². The van der Waals surface area contributed by atoms with Gasteiger partial charge in [0.2, 0.25) is 0 Å². The van der Waals surface area contributed by atoms with Crippen LogP contribution in [0, 0.1) is 0 Å². The molecule has 3 heteroatoms. The average Bonchev–Trinajstić information content (AvgIpc) is 2.45. The number of rotatable bonds is 0. The maximum atomic E-state index is 5.97. The van der Waals surface area contributed by atoms with Crippen molar-refractivity contribution in [3.63, 3.8) is 0 Å².